The maximum absolute atomic E-state index is 13.2. The number of carbonyl (C=O) groups is 1. The van der Waals surface area contributed by atoms with E-state index in [0.29, 0.717) is 0 Å². The lowest BCUT2D eigenvalue weighted by molar-refractivity contribution is -0.124. The smallest absolute Gasteiger partial charge is 0.224 e. The molecule has 4 heteroatoms. The summed E-state index contributed by atoms with van der Waals surface area (Å²) in [7, 11) is 0. The molecule has 108 valence electrons. The molecule has 0 saturated heterocycles. The summed E-state index contributed by atoms with van der Waals surface area (Å²) in [4.78, 5) is 12.3. The van der Waals surface area contributed by atoms with E-state index in [9.17, 15) is 14.3 Å². The number of amides is 1. The molecule has 0 radical (unpaired) electrons. The fourth-order valence-electron chi connectivity index (χ4n) is 3.32. The van der Waals surface area contributed by atoms with Crippen LogP contribution in [0.15, 0.2) is 24.3 Å². The minimum atomic E-state index is -0.411. The van der Waals surface area contributed by atoms with Gasteiger partial charge in [0.05, 0.1) is 12.1 Å². The van der Waals surface area contributed by atoms with E-state index in [4.69, 9.17) is 0 Å². The molecule has 1 amide bonds. The third-order valence-electron chi connectivity index (χ3n) is 4.66. The van der Waals surface area contributed by atoms with Crippen molar-refractivity contribution in [3.63, 3.8) is 0 Å². The maximum Gasteiger partial charge on any atom is 0.224 e. The summed E-state index contributed by atoms with van der Waals surface area (Å²) in [6.07, 6.45) is 4.59. The van der Waals surface area contributed by atoms with Gasteiger partial charge in [-0.05, 0) is 42.9 Å². The van der Waals surface area contributed by atoms with E-state index in [1.54, 1.807) is 6.07 Å². The van der Waals surface area contributed by atoms with Gasteiger partial charge in [-0.25, -0.2) is 4.39 Å². The second-order valence-electron chi connectivity index (χ2n) is 6.14. The van der Waals surface area contributed by atoms with Gasteiger partial charge in [-0.2, -0.15) is 0 Å². The van der Waals surface area contributed by atoms with Crippen LogP contribution in [0, 0.1) is 11.7 Å². The lowest BCUT2D eigenvalue weighted by Gasteiger charge is -2.28. The first-order valence-corrected chi connectivity index (χ1v) is 7.32. The summed E-state index contributed by atoms with van der Waals surface area (Å²) in [5, 5.41) is 12.6. The van der Waals surface area contributed by atoms with Gasteiger partial charge in [0.15, 0.2) is 0 Å². The van der Waals surface area contributed by atoms with Crippen LogP contribution in [-0.4, -0.2) is 23.2 Å². The van der Waals surface area contributed by atoms with E-state index in [1.165, 1.54) is 12.1 Å². The van der Waals surface area contributed by atoms with Gasteiger partial charge < -0.3 is 10.4 Å². The highest BCUT2D eigenvalue weighted by molar-refractivity contribution is 5.83. The molecule has 2 fully saturated rings. The van der Waals surface area contributed by atoms with E-state index in [0.717, 1.165) is 37.7 Å². The highest BCUT2D eigenvalue weighted by Crippen LogP contribution is 2.48. The number of halogens is 1. The molecule has 3 nitrogen and oxygen atoms in total. The Hall–Kier alpha value is -1.42. The van der Waals surface area contributed by atoms with E-state index < -0.39 is 5.54 Å². The lowest BCUT2D eigenvalue weighted by Crippen LogP contribution is -2.49. The third kappa shape index (κ3) is 2.57. The molecule has 0 heterocycles. The summed E-state index contributed by atoms with van der Waals surface area (Å²) in [6, 6.07) is 6.48. The van der Waals surface area contributed by atoms with Crippen LogP contribution in [0.3, 0.4) is 0 Å². The largest absolute Gasteiger partial charge is 0.394 e. The maximum atomic E-state index is 13.2. The Balaban J connectivity index is 1.63. The summed E-state index contributed by atoms with van der Waals surface area (Å²) >= 11 is 0. The van der Waals surface area contributed by atoms with Crippen molar-refractivity contribution in [3.05, 3.63) is 35.6 Å². The zero-order valence-corrected chi connectivity index (χ0v) is 11.4. The number of aliphatic hydroxyl groups is 1. The van der Waals surface area contributed by atoms with E-state index in [-0.39, 0.29) is 30.2 Å². The van der Waals surface area contributed by atoms with Gasteiger partial charge in [0.2, 0.25) is 5.91 Å². The second kappa shape index (κ2) is 5.17. The first-order chi connectivity index (χ1) is 9.63. The Kier molecular flexibility index (Phi) is 3.50. The van der Waals surface area contributed by atoms with Crippen LogP contribution >= 0.6 is 0 Å². The van der Waals surface area contributed by atoms with Crippen LogP contribution in [0.1, 0.15) is 43.6 Å². The lowest BCUT2D eigenvalue weighted by atomic mass is 9.98. The Morgan fingerprint density at radius 2 is 2.15 bits per heavy atom. The molecule has 2 aliphatic rings. The number of hydrogen-bond acceptors (Lipinski definition) is 2. The number of hydrogen-bond donors (Lipinski definition) is 2. The van der Waals surface area contributed by atoms with E-state index in [2.05, 4.69) is 5.32 Å². The zero-order chi connectivity index (χ0) is 14.2. The molecule has 20 heavy (non-hydrogen) atoms. The van der Waals surface area contributed by atoms with Gasteiger partial charge in [-0.3, -0.25) is 4.79 Å². The van der Waals surface area contributed by atoms with Crippen molar-refractivity contribution in [1.82, 2.24) is 5.32 Å². The third-order valence-corrected chi connectivity index (χ3v) is 4.66. The second-order valence-corrected chi connectivity index (χ2v) is 6.14. The fourth-order valence-corrected chi connectivity index (χ4v) is 3.32. The van der Waals surface area contributed by atoms with Crippen molar-refractivity contribution >= 4 is 5.91 Å². The molecule has 2 N–H and O–H groups in total. The number of nitrogens with one attached hydrogen (secondary N) is 1. The number of carbonyl (C=O) groups excluding carboxylic acids is 1. The molecular formula is C16H20FNO2. The Bertz CT molecular complexity index is 511. The summed E-state index contributed by atoms with van der Waals surface area (Å²) < 4.78 is 13.2. The van der Waals surface area contributed by atoms with Crippen molar-refractivity contribution in [2.45, 2.75) is 43.6 Å². The van der Waals surface area contributed by atoms with Crippen LogP contribution < -0.4 is 5.32 Å². The Labute approximate surface area is 118 Å². The highest BCUT2D eigenvalue weighted by atomic mass is 19.1. The Morgan fingerprint density at radius 3 is 2.80 bits per heavy atom. The highest BCUT2D eigenvalue weighted by Gasteiger charge is 2.46. The SMILES string of the molecule is O=C(NC1(CO)CCCC1)C1CC1c1cccc(F)c1. The predicted octanol–water partition coefficient (Wildman–Crippen LogP) is 2.35. The first-order valence-electron chi connectivity index (χ1n) is 7.32. The van der Waals surface area contributed by atoms with E-state index in [1.807, 2.05) is 6.07 Å². The molecule has 0 aliphatic heterocycles. The molecule has 0 bridgehead atoms. The molecule has 2 aliphatic carbocycles. The summed E-state index contributed by atoms with van der Waals surface area (Å²) in [5.41, 5.74) is 0.487. The van der Waals surface area contributed by atoms with Crippen molar-refractivity contribution in [2.24, 2.45) is 5.92 Å². The van der Waals surface area contributed by atoms with Gasteiger partial charge in [0.25, 0.3) is 0 Å². The summed E-state index contributed by atoms with van der Waals surface area (Å²) in [5.74, 6) is -0.185. The number of rotatable bonds is 4. The molecule has 3 rings (SSSR count). The van der Waals surface area contributed by atoms with Gasteiger partial charge in [0, 0.05) is 5.92 Å². The van der Waals surface area contributed by atoms with Crippen LogP contribution in [0.25, 0.3) is 0 Å². The van der Waals surface area contributed by atoms with Crippen molar-refractivity contribution in [1.29, 1.82) is 0 Å². The summed E-state index contributed by atoms with van der Waals surface area (Å²) in [6.45, 7) is 0.0100. The van der Waals surface area contributed by atoms with Gasteiger partial charge >= 0.3 is 0 Å². The number of aliphatic hydroxyl groups excluding tert-OH is 1. The van der Waals surface area contributed by atoms with Crippen LogP contribution in [0.5, 0.6) is 0 Å². The van der Waals surface area contributed by atoms with Gasteiger partial charge in [-0.15, -0.1) is 0 Å². The molecule has 2 saturated carbocycles. The standard InChI is InChI=1S/C16H20FNO2/c17-12-5-3-4-11(8-12)13-9-14(13)15(20)18-16(10-19)6-1-2-7-16/h3-5,8,13-14,19H,1-2,6-7,9-10H2,(H,18,20). The Morgan fingerprint density at radius 1 is 1.40 bits per heavy atom. The number of benzene rings is 1. The molecule has 1 aromatic carbocycles. The molecule has 0 aromatic heterocycles. The first kappa shape index (κ1) is 13.6. The monoisotopic (exact) mass is 277 g/mol. The average molecular weight is 277 g/mol. The fraction of sp³-hybridized carbons (Fsp3) is 0.562. The average Bonchev–Trinajstić information content (AvgIpc) is 3.13. The molecule has 0 spiro atoms. The van der Waals surface area contributed by atoms with Crippen molar-refractivity contribution < 1.29 is 14.3 Å². The predicted molar refractivity (Wildman–Crippen MR) is 73.7 cm³/mol. The van der Waals surface area contributed by atoms with Crippen molar-refractivity contribution in [3.8, 4) is 0 Å². The minimum absolute atomic E-state index is 0.00945. The van der Waals surface area contributed by atoms with Crippen LogP contribution in [-0.2, 0) is 4.79 Å². The molecule has 2 unspecified atom stereocenters. The molecular weight excluding hydrogens is 257 g/mol. The van der Waals surface area contributed by atoms with Gasteiger partial charge in [-0.1, -0.05) is 25.0 Å². The minimum Gasteiger partial charge on any atom is -0.394 e. The quantitative estimate of drug-likeness (QED) is 0.887. The van der Waals surface area contributed by atoms with E-state index >= 15 is 0 Å². The van der Waals surface area contributed by atoms with Gasteiger partial charge in [0.1, 0.15) is 5.82 Å². The molecule has 2 atom stereocenters. The normalized spacial score (nSPS) is 27.3. The van der Waals surface area contributed by atoms with Crippen LogP contribution in [0.4, 0.5) is 4.39 Å². The van der Waals surface area contributed by atoms with Crippen molar-refractivity contribution in [2.75, 3.05) is 6.61 Å². The zero-order valence-electron chi connectivity index (χ0n) is 11.4. The molecule has 1 aromatic rings. The topological polar surface area (TPSA) is 49.3 Å². The van der Waals surface area contributed by atoms with Crippen LogP contribution in [0.2, 0.25) is 0 Å².